The number of carboxylic acid groups (broad SMARTS) is 1. The Kier molecular flexibility index (Phi) is 5.21. The molecule has 0 unspecified atom stereocenters. The second kappa shape index (κ2) is 7.54. The van der Waals surface area contributed by atoms with E-state index in [9.17, 15) is 14.7 Å². The maximum Gasteiger partial charge on any atom is 0.309 e. The Morgan fingerprint density at radius 2 is 2.21 bits per heavy atom. The fourth-order valence-corrected chi connectivity index (χ4v) is 3.33. The molecule has 0 aliphatic carbocycles. The summed E-state index contributed by atoms with van der Waals surface area (Å²) in [5.41, 5.74) is 2.70. The Labute approximate surface area is 143 Å². The van der Waals surface area contributed by atoms with Crippen LogP contribution in [0.25, 0.3) is 0 Å². The number of hydrogen-bond donors (Lipinski definition) is 1. The number of carbonyl (C=O) groups excluding carboxylic acids is 1. The van der Waals surface area contributed by atoms with Crippen LogP contribution in [-0.2, 0) is 22.7 Å². The third-order valence-electron chi connectivity index (χ3n) is 4.03. The Bertz CT molecular complexity index is 673. The lowest BCUT2D eigenvalue weighted by Crippen LogP contribution is -2.39. The summed E-state index contributed by atoms with van der Waals surface area (Å²) < 4.78 is 1.55. The fraction of sp³-hybridized carbons (Fsp3) is 0.467. The molecule has 1 aliphatic heterocycles. The van der Waals surface area contributed by atoms with E-state index in [1.807, 2.05) is 5.38 Å². The lowest BCUT2D eigenvalue weighted by Gasteiger charge is -2.22. The molecule has 1 saturated heterocycles. The van der Waals surface area contributed by atoms with E-state index < -0.39 is 11.9 Å². The molecule has 1 fully saturated rings. The maximum absolute atomic E-state index is 12.5. The third kappa shape index (κ3) is 4.18. The van der Waals surface area contributed by atoms with Crippen molar-refractivity contribution < 1.29 is 14.7 Å². The highest BCUT2D eigenvalue weighted by Crippen LogP contribution is 2.14. The number of hydrogen-bond acceptors (Lipinski definition) is 6. The van der Waals surface area contributed by atoms with Gasteiger partial charge in [0, 0.05) is 50.5 Å². The Morgan fingerprint density at radius 3 is 2.88 bits per heavy atom. The molecule has 0 spiro atoms. The van der Waals surface area contributed by atoms with Crippen LogP contribution in [0.5, 0.6) is 0 Å². The normalized spacial score (nSPS) is 19.2. The van der Waals surface area contributed by atoms with Crippen molar-refractivity contribution in [3.63, 3.8) is 0 Å². The van der Waals surface area contributed by atoms with Crippen LogP contribution in [0.3, 0.4) is 0 Å². The van der Waals surface area contributed by atoms with Gasteiger partial charge >= 0.3 is 5.97 Å². The first kappa shape index (κ1) is 16.6. The van der Waals surface area contributed by atoms with Crippen molar-refractivity contribution in [3.05, 3.63) is 35.0 Å². The molecule has 0 saturated carbocycles. The number of aliphatic carboxylic acids is 1. The molecule has 1 amide bonds. The van der Waals surface area contributed by atoms with Gasteiger partial charge in [-0.3, -0.25) is 19.2 Å². The SMILES string of the molecule is O=C(O)[C@@H]1CN(Cc2cscn2)CCN(C(=O)Cn2cccn2)C1. The van der Waals surface area contributed by atoms with Crippen LogP contribution in [0.4, 0.5) is 0 Å². The van der Waals surface area contributed by atoms with Crippen LogP contribution < -0.4 is 0 Å². The first-order valence-corrected chi connectivity index (χ1v) is 8.63. The number of amides is 1. The highest BCUT2D eigenvalue weighted by atomic mass is 32.1. The average Bonchev–Trinajstić information content (AvgIpc) is 3.19. The van der Waals surface area contributed by atoms with Gasteiger partial charge in [-0.25, -0.2) is 4.98 Å². The zero-order valence-corrected chi connectivity index (χ0v) is 13.9. The molecule has 1 atom stereocenters. The summed E-state index contributed by atoms with van der Waals surface area (Å²) in [5.74, 6) is -1.59. The highest BCUT2D eigenvalue weighted by molar-refractivity contribution is 7.07. The molecule has 1 aliphatic rings. The van der Waals surface area contributed by atoms with E-state index in [1.54, 1.807) is 33.6 Å². The van der Waals surface area contributed by atoms with Crippen molar-refractivity contribution in [1.29, 1.82) is 0 Å². The van der Waals surface area contributed by atoms with Gasteiger partial charge in [0.1, 0.15) is 6.54 Å². The number of aromatic nitrogens is 3. The van der Waals surface area contributed by atoms with E-state index in [-0.39, 0.29) is 19.0 Å². The van der Waals surface area contributed by atoms with E-state index >= 15 is 0 Å². The van der Waals surface area contributed by atoms with E-state index in [4.69, 9.17) is 0 Å². The van der Waals surface area contributed by atoms with Crippen molar-refractivity contribution >= 4 is 23.2 Å². The molecule has 0 aromatic carbocycles. The number of carboxylic acids is 1. The summed E-state index contributed by atoms with van der Waals surface area (Å²) >= 11 is 1.52. The van der Waals surface area contributed by atoms with Crippen molar-refractivity contribution in [2.45, 2.75) is 13.1 Å². The molecule has 24 heavy (non-hydrogen) atoms. The zero-order valence-electron chi connectivity index (χ0n) is 13.1. The minimum atomic E-state index is -0.878. The Hall–Kier alpha value is -2.26. The van der Waals surface area contributed by atoms with Crippen LogP contribution in [0, 0.1) is 5.92 Å². The van der Waals surface area contributed by atoms with Crippen LogP contribution in [0.15, 0.2) is 29.4 Å². The lowest BCUT2D eigenvalue weighted by atomic mass is 10.1. The monoisotopic (exact) mass is 349 g/mol. The van der Waals surface area contributed by atoms with Gasteiger partial charge in [0.2, 0.25) is 5.91 Å². The van der Waals surface area contributed by atoms with Gasteiger partial charge in [0.25, 0.3) is 0 Å². The van der Waals surface area contributed by atoms with Gasteiger partial charge in [0.05, 0.1) is 17.1 Å². The Balaban J connectivity index is 1.66. The van der Waals surface area contributed by atoms with Crippen LogP contribution in [0.2, 0.25) is 0 Å². The van der Waals surface area contributed by atoms with Crippen LogP contribution in [0.1, 0.15) is 5.69 Å². The van der Waals surface area contributed by atoms with Crippen LogP contribution >= 0.6 is 11.3 Å². The van der Waals surface area contributed by atoms with Gasteiger partial charge in [-0.1, -0.05) is 0 Å². The molecule has 2 aromatic heterocycles. The topological polar surface area (TPSA) is 91.6 Å². The first-order chi connectivity index (χ1) is 11.6. The molecule has 1 N–H and O–H groups in total. The molecule has 3 rings (SSSR count). The van der Waals surface area contributed by atoms with Crippen LogP contribution in [-0.4, -0.2) is 67.7 Å². The predicted octanol–water partition coefficient (Wildman–Crippen LogP) is 0.385. The summed E-state index contributed by atoms with van der Waals surface area (Å²) in [6.45, 7) is 2.52. The van der Waals surface area contributed by atoms with Crippen molar-refractivity contribution in [2.75, 3.05) is 26.2 Å². The summed E-state index contributed by atoms with van der Waals surface area (Å²) in [6, 6.07) is 1.76. The molecule has 0 bridgehead atoms. The van der Waals surface area contributed by atoms with Gasteiger partial charge in [-0.05, 0) is 6.07 Å². The van der Waals surface area contributed by atoms with Crippen molar-refractivity contribution in [2.24, 2.45) is 5.92 Å². The largest absolute Gasteiger partial charge is 0.481 e. The zero-order chi connectivity index (χ0) is 16.9. The smallest absolute Gasteiger partial charge is 0.309 e. The summed E-state index contributed by atoms with van der Waals surface area (Å²) in [5, 5.41) is 15.5. The summed E-state index contributed by atoms with van der Waals surface area (Å²) in [4.78, 5) is 31.9. The lowest BCUT2D eigenvalue weighted by molar-refractivity contribution is -0.143. The van der Waals surface area contributed by atoms with E-state index in [0.29, 0.717) is 26.2 Å². The van der Waals surface area contributed by atoms with E-state index in [1.165, 1.54) is 11.3 Å². The minimum Gasteiger partial charge on any atom is -0.481 e. The van der Waals surface area contributed by atoms with Gasteiger partial charge < -0.3 is 10.0 Å². The molecule has 128 valence electrons. The third-order valence-corrected chi connectivity index (χ3v) is 4.67. The average molecular weight is 349 g/mol. The molecule has 3 heterocycles. The fourth-order valence-electron chi connectivity index (χ4n) is 2.78. The maximum atomic E-state index is 12.5. The number of carbonyl (C=O) groups is 2. The standard InChI is InChI=1S/C15H19N5O3S/c21-14(9-20-3-1-2-17-20)19-5-4-18(6-12(7-19)15(22)23)8-13-10-24-11-16-13/h1-3,10-12H,4-9H2,(H,22,23)/t12-/m1/s1. The quantitative estimate of drug-likeness (QED) is 0.839. The summed E-state index contributed by atoms with van der Waals surface area (Å²) in [7, 11) is 0. The molecular weight excluding hydrogens is 330 g/mol. The first-order valence-electron chi connectivity index (χ1n) is 7.69. The van der Waals surface area contributed by atoms with E-state index in [0.717, 1.165) is 5.69 Å². The summed E-state index contributed by atoms with van der Waals surface area (Å²) in [6.07, 6.45) is 3.34. The van der Waals surface area contributed by atoms with Crippen molar-refractivity contribution in [1.82, 2.24) is 24.6 Å². The molecule has 8 nitrogen and oxygen atoms in total. The second-order valence-corrected chi connectivity index (χ2v) is 6.51. The van der Waals surface area contributed by atoms with E-state index in [2.05, 4.69) is 15.0 Å². The van der Waals surface area contributed by atoms with Gasteiger partial charge in [0.15, 0.2) is 0 Å². The number of thiazole rings is 1. The van der Waals surface area contributed by atoms with Gasteiger partial charge in [-0.15, -0.1) is 11.3 Å². The molecule has 9 heteroatoms. The highest BCUT2D eigenvalue weighted by Gasteiger charge is 2.30. The number of rotatable bonds is 5. The number of nitrogens with zero attached hydrogens (tertiary/aromatic N) is 5. The second-order valence-electron chi connectivity index (χ2n) is 5.79. The van der Waals surface area contributed by atoms with Crippen molar-refractivity contribution in [3.8, 4) is 0 Å². The predicted molar refractivity (Wildman–Crippen MR) is 87.3 cm³/mol. The minimum absolute atomic E-state index is 0.111. The van der Waals surface area contributed by atoms with Gasteiger partial charge in [-0.2, -0.15) is 5.10 Å². The molecule has 2 aromatic rings. The Morgan fingerprint density at radius 1 is 1.33 bits per heavy atom. The molecule has 0 radical (unpaired) electrons. The molecular formula is C15H19N5O3S.